The van der Waals surface area contributed by atoms with Gasteiger partial charge in [0.25, 0.3) is 0 Å². The van der Waals surface area contributed by atoms with Crippen LogP contribution in [0, 0.1) is 0 Å². The van der Waals surface area contributed by atoms with Crippen LogP contribution < -0.4 is 4.90 Å². The zero-order valence-electron chi connectivity index (χ0n) is 45.1. The van der Waals surface area contributed by atoms with Gasteiger partial charge in [-0.2, -0.15) is 0 Å². The molecular weight excluding hydrogens is 989 g/mol. The molecule has 0 radical (unpaired) electrons. The fourth-order valence-corrected chi connectivity index (χ4v) is 14.4. The molecule has 2 aliphatic carbocycles. The Kier molecular flexibility index (Phi) is 11.0. The quantitative estimate of drug-likeness (QED) is 0.140. The second kappa shape index (κ2) is 19.1. The van der Waals surface area contributed by atoms with E-state index in [9.17, 15) is 0 Å². The molecule has 1 aromatic heterocycles. The number of aromatic nitrogens is 1. The molecule has 0 unspecified atom stereocenters. The molecule has 0 amide bonds. The van der Waals surface area contributed by atoms with Crippen LogP contribution in [-0.4, -0.2) is 4.57 Å². The van der Waals surface area contributed by atoms with Crippen LogP contribution in [0.5, 0.6) is 0 Å². The minimum absolute atomic E-state index is 0.556. The van der Waals surface area contributed by atoms with Crippen molar-refractivity contribution >= 4 is 38.9 Å². The molecule has 0 fully saturated rings. The summed E-state index contributed by atoms with van der Waals surface area (Å²) in [5.41, 5.74) is 25.8. The first-order chi connectivity index (χ1) is 40.7. The van der Waals surface area contributed by atoms with Gasteiger partial charge in [0.2, 0.25) is 0 Å². The molecule has 0 bridgehead atoms. The van der Waals surface area contributed by atoms with Crippen LogP contribution in [-0.2, 0) is 10.8 Å². The van der Waals surface area contributed by atoms with Gasteiger partial charge in [0, 0.05) is 33.5 Å². The van der Waals surface area contributed by atoms with E-state index in [4.69, 9.17) is 0 Å². The average molecular weight is 1040 g/mol. The zero-order chi connectivity index (χ0) is 54.2. The molecule has 16 rings (SSSR count). The van der Waals surface area contributed by atoms with Gasteiger partial charge in [-0.1, -0.05) is 261 Å². The number of fused-ring (bicyclic) bond motifs is 12. The van der Waals surface area contributed by atoms with E-state index >= 15 is 0 Å². The molecular formula is C80H54N2. The fourth-order valence-electron chi connectivity index (χ4n) is 14.4. The van der Waals surface area contributed by atoms with E-state index in [0.717, 1.165) is 22.7 Å². The summed E-state index contributed by atoms with van der Waals surface area (Å²) in [5.74, 6) is 0. The van der Waals surface area contributed by atoms with Crippen LogP contribution in [0.1, 0.15) is 44.5 Å². The summed E-state index contributed by atoms with van der Waals surface area (Å²) >= 11 is 0. The van der Waals surface area contributed by atoms with Crippen molar-refractivity contribution in [1.82, 2.24) is 4.57 Å². The molecule has 2 heteroatoms. The van der Waals surface area contributed by atoms with Crippen molar-refractivity contribution in [3.8, 4) is 50.2 Å². The predicted molar refractivity (Wildman–Crippen MR) is 341 cm³/mol. The van der Waals surface area contributed by atoms with Crippen LogP contribution in [0.2, 0.25) is 0 Å². The maximum absolute atomic E-state index is 2.41. The second-order valence-corrected chi connectivity index (χ2v) is 21.9. The second-order valence-electron chi connectivity index (χ2n) is 21.9. The van der Waals surface area contributed by atoms with E-state index in [1.807, 2.05) is 0 Å². The van der Waals surface area contributed by atoms with Gasteiger partial charge in [-0.3, -0.25) is 0 Å². The first-order valence-corrected chi connectivity index (χ1v) is 28.5. The van der Waals surface area contributed by atoms with Crippen molar-refractivity contribution in [2.45, 2.75) is 10.8 Å². The molecule has 384 valence electrons. The van der Waals surface area contributed by atoms with Gasteiger partial charge in [-0.15, -0.1) is 0 Å². The number of benzene rings is 13. The van der Waals surface area contributed by atoms with E-state index in [2.05, 4.69) is 337 Å². The number of anilines is 3. The monoisotopic (exact) mass is 1040 g/mol. The molecule has 14 aromatic rings. The van der Waals surface area contributed by atoms with Crippen molar-refractivity contribution in [1.29, 1.82) is 0 Å². The van der Waals surface area contributed by atoms with Crippen molar-refractivity contribution in [2.24, 2.45) is 0 Å². The standard InChI is InChI=1S/C80H54N2/c1-5-22-55(23-6-1)56-40-47-63(48-41-56)81(64-49-42-57(43-50-64)59-46-53-77-69(54-59)67-30-14-20-39-76(67)82(77)62-28-11-4-12-29-62)65-51-44-58(45-52-65)66-32-21-38-75-78(66)68-31-13-15-33-70(68)80(75)73-36-18-16-34-71(73)79(60-24-7-2-8-25-60,61-26-9-3-10-27-61)72-35-17-19-37-74(72)80/h1-54H. The Bertz CT molecular complexity index is 4610. The van der Waals surface area contributed by atoms with Crippen LogP contribution in [0.15, 0.2) is 328 Å². The maximum atomic E-state index is 2.41. The number of para-hydroxylation sites is 2. The number of nitrogens with zero attached hydrogens (tertiary/aromatic N) is 2. The lowest BCUT2D eigenvalue weighted by Crippen LogP contribution is -2.44. The summed E-state index contributed by atoms with van der Waals surface area (Å²) < 4.78 is 2.38. The lowest BCUT2D eigenvalue weighted by atomic mass is 9.51. The van der Waals surface area contributed by atoms with Crippen LogP contribution in [0.25, 0.3) is 72.0 Å². The third-order valence-corrected chi connectivity index (χ3v) is 17.8. The Labute approximate surface area is 478 Å². The molecule has 13 aromatic carbocycles. The number of hydrogen-bond acceptors (Lipinski definition) is 1. The van der Waals surface area contributed by atoms with Gasteiger partial charge in [0.15, 0.2) is 0 Å². The van der Waals surface area contributed by atoms with E-state index in [1.54, 1.807) is 0 Å². The lowest BCUT2D eigenvalue weighted by Gasteiger charge is -2.50. The summed E-state index contributed by atoms with van der Waals surface area (Å²) in [7, 11) is 0. The third-order valence-electron chi connectivity index (χ3n) is 17.8. The summed E-state index contributed by atoms with van der Waals surface area (Å²) in [5, 5.41) is 2.49. The third kappa shape index (κ3) is 7.08. The number of hydrogen-bond donors (Lipinski definition) is 0. The molecule has 2 aliphatic rings. The van der Waals surface area contributed by atoms with Gasteiger partial charge in [0.1, 0.15) is 0 Å². The molecule has 1 heterocycles. The highest BCUT2D eigenvalue weighted by Crippen LogP contribution is 2.65. The Morgan fingerprint density at radius 2 is 0.646 bits per heavy atom. The first kappa shape index (κ1) is 47.5. The van der Waals surface area contributed by atoms with E-state index < -0.39 is 10.8 Å². The SMILES string of the molecule is c1ccc(-c2ccc(N(c3ccc(-c4ccc5c(c4)c4ccccc4n5-c4ccccc4)cc3)c3ccc(-c4cccc5c4-c4ccccc4C54c5ccccc5C(c5ccccc5)(c5ccccc5)c5ccccc54)cc3)cc2)cc1. The summed E-state index contributed by atoms with van der Waals surface area (Å²) in [4.78, 5) is 2.39. The topological polar surface area (TPSA) is 8.17 Å². The normalized spacial score (nSPS) is 13.3. The molecule has 0 aliphatic heterocycles. The summed E-state index contributed by atoms with van der Waals surface area (Å²) in [6, 6.07) is 121. The predicted octanol–water partition coefficient (Wildman–Crippen LogP) is 20.3. The maximum Gasteiger partial charge on any atom is 0.0720 e. The molecule has 1 spiro atoms. The van der Waals surface area contributed by atoms with E-state index in [-0.39, 0.29) is 0 Å². The minimum atomic E-state index is -0.580. The Hall–Kier alpha value is -10.5. The Balaban J connectivity index is 0.822. The molecule has 0 N–H and O–H groups in total. The minimum Gasteiger partial charge on any atom is -0.311 e. The highest BCUT2D eigenvalue weighted by Gasteiger charge is 2.57. The van der Waals surface area contributed by atoms with Gasteiger partial charge < -0.3 is 9.47 Å². The summed E-state index contributed by atoms with van der Waals surface area (Å²) in [6.07, 6.45) is 0. The fraction of sp³-hybridized carbons (Fsp3) is 0.0250. The van der Waals surface area contributed by atoms with Crippen molar-refractivity contribution in [2.75, 3.05) is 4.90 Å². The van der Waals surface area contributed by atoms with Gasteiger partial charge >= 0.3 is 0 Å². The summed E-state index contributed by atoms with van der Waals surface area (Å²) in [6.45, 7) is 0. The smallest absolute Gasteiger partial charge is 0.0720 e. The Morgan fingerprint density at radius 3 is 1.23 bits per heavy atom. The first-order valence-electron chi connectivity index (χ1n) is 28.5. The molecule has 0 saturated carbocycles. The number of rotatable bonds is 9. The van der Waals surface area contributed by atoms with Crippen LogP contribution in [0.3, 0.4) is 0 Å². The van der Waals surface area contributed by atoms with Crippen molar-refractivity contribution in [3.63, 3.8) is 0 Å². The van der Waals surface area contributed by atoms with Crippen molar-refractivity contribution in [3.05, 3.63) is 372 Å². The van der Waals surface area contributed by atoms with Crippen molar-refractivity contribution < 1.29 is 0 Å². The van der Waals surface area contributed by atoms with E-state index in [1.165, 1.54) is 111 Å². The highest BCUT2D eigenvalue weighted by atomic mass is 15.1. The highest BCUT2D eigenvalue weighted by molar-refractivity contribution is 6.10. The van der Waals surface area contributed by atoms with Crippen LogP contribution >= 0.6 is 0 Å². The largest absolute Gasteiger partial charge is 0.311 e. The molecule has 0 atom stereocenters. The average Bonchev–Trinajstić information content (AvgIpc) is 1.48. The molecule has 82 heavy (non-hydrogen) atoms. The molecule has 2 nitrogen and oxygen atoms in total. The Morgan fingerprint density at radius 1 is 0.244 bits per heavy atom. The van der Waals surface area contributed by atoms with E-state index in [0.29, 0.717) is 0 Å². The molecule has 0 saturated heterocycles. The lowest BCUT2D eigenvalue weighted by molar-refractivity contribution is 0.623. The zero-order valence-corrected chi connectivity index (χ0v) is 45.1. The van der Waals surface area contributed by atoms with Gasteiger partial charge in [-0.25, -0.2) is 0 Å². The van der Waals surface area contributed by atoms with Crippen LogP contribution in [0.4, 0.5) is 17.1 Å². The van der Waals surface area contributed by atoms with Gasteiger partial charge in [0.05, 0.1) is 21.9 Å². The van der Waals surface area contributed by atoms with Gasteiger partial charge in [-0.05, 0) is 156 Å².